The maximum Gasteiger partial charge on any atom is 0.221 e. The fourth-order valence-electron chi connectivity index (χ4n) is 3.18. The maximum atomic E-state index is 11.9. The number of nitrogens with one attached hydrogen (secondary N) is 2. The highest BCUT2D eigenvalue weighted by molar-refractivity contribution is 5.76. The summed E-state index contributed by atoms with van der Waals surface area (Å²) in [5, 5.41) is 6.56. The first-order chi connectivity index (χ1) is 10.6. The fraction of sp³-hybridized carbons (Fsp3) is 0.632. The number of aryl methyl sites for hydroxylation is 3. The second-order valence-corrected chi connectivity index (χ2v) is 6.69. The molecule has 1 fully saturated rings. The minimum atomic E-state index is 0.191. The molecule has 0 spiro atoms. The van der Waals surface area contributed by atoms with Crippen LogP contribution in [0.5, 0.6) is 0 Å². The van der Waals surface area contributed by atoms with Crippen LogP contribution in [-0.2, 0) is 11.3 Å². The van der Waals surface area contributed by atoms with Crippen molar-refractivity contribution in [3.63, 3.8) is 0 Å². The second kappa shape index (κ2) is 8.33. The molecular weight excluding hydrogens is 272 g/mol. The Hall–Kier alpha value is -1.35. The molecule has 0 saturated heterocycles. The van der Waals surface area contributed by atoms with E-state index in [2.05, 4.69) is 43.5 Å². The van der Waals surface area contributed by atoms with Gasteiger partial charge in [0.2, 0.25) is 5.91 Å². The van der Waals surface area contributed by atoms with Crippen LogP contribution >= 0.6 is 0 Å². The molecule has 122 valence electrons. The highest BCUT2D eigenvalue weighted by Crippen LogP contribution is 2.17. The third-order valence-corrected chi connectivity index (χ3v) is 4.77. The van der Waals surface area contributed by atoms with Gasteiger partial charge in [0.15, 0.2) is 0 Å². The Bertz CT molecular complexity index is 504. The van der Waals surface area contributed by atoms with E-state index in [1.54, 1.807) is 0 Å². The molecule has 3 nitrogen and oxygen atoms in total. The summed E-state index contributed by atoms with van der Waals surface area (Å²) in [7, 11) is 0. The summed E-state index contributed by atoms with van der Waals surface area (Å²) in [5.41, 5.74) is 5.32. The van der Waals surface area contributed by atoms with Crippen LogP contribution in [0.1, 0.15) is 60.8 Å². The highest BCUT2D eigenvalue weighted by Gasteiger charge is 2.15. The van der Waals surface area contributed by atoms with E-state index in [1.165, 1.54) is 41.5 Å². The van der Waals surface area contributed by atoms with Crippen LogP contribution in [-0.4, -0.2) is 18.5 Å². The van der Waals surface area contributed by atoms with Crippen molar-refractivity contribution in [3.8, 4) is 0 Å². The van der Waals surface area contributed by atoms with E-state index in [9.17, 15) is 4.79 Å². The van der Waals surface area contributed by atoms with E-state index in [1.807, 2.05) is 0 Å². The minimum absolute atomic E-state index is 0.191. The number of carbonyl (C=O) groups excluding carboxylic acids is 1. The lowest BCUT2D eigenvalue weighted by Gasteiger charge is -2.22. The fourth-order valence-corrected chi connectivity index (χ4v) is 3.18. The van der Waals surface area contributed by atoms with E-state index >= 15 is 0 Å². The molecule has 0 radical (unpaired) electrons. The molecular formula is C19H30N2O. The molecule has 0 aromatic heterocycles. The maximum absolute atomic E-state index is 11.9. The molecule has 0 aliphatic heterocycles. The van der Waals surface area contributed by atoms with E-state index in [0.29, 0.717) is 12.5 Å². The third-order valence-electron chi connectivity index (χ3n) is 4.77. The predicted octanol–water partition coefficient (Wildman–Crippen LogP) is 3.54. The van der Waals surface area contributed by atoms with Gasteiger partial charge in [0.1, 0.15) is 0 Å². The van der Waals surface area contributed by atoms with Gasteiger partial charge in [-0.05, 0) is 55.9 Å². The van der Waals surface area contributed by atoms with E-state index in [4.69, 9.17) is 0 Å². The van der Waals surface area contributed by atoms with Gasteiger partial charge in [-0.15, -0.1) is 0 Å². The Balaban J connectivity index is 1.68. The Kier molecular flexibility index (Phi) is 6.44. The molecule has 1 aromatic carbocycles. The molecule has 1 aromatic rings. The smallest absolute Gasteiger partial charge is 0.221 e. The molecule has 1 aliphatic carbocycles. The van der Waals surface area contributed by atoms with Gasteiger partial charge in [-0.3, -0.25) is 4.79 Å². The van der Waals surface area contributed by atoms with Crippen molar-refractivity contribution in [3.05, 3.63) is 34.4 Å². The van der Waals surface area contributed by atoms with E-state index < -0.39 is 0 Å². The summed E-state index contributed by atoms with van der Waals surface area (Å²) in [6.07, 6.45) is 6.72. The lowest BCUT2D eigenvalue weighted by molar-refractivity contribution is -0.121. The van der Waals surface area contributed by atoms with Crippen molar-refractivity contribution in [2.75, 3.05) is 6.54 Å². The Morgan fingerprint density at radius 2 is 1.73 bits per heavy atom. The lowest BCUT2D eigenvalue weighted by Crippen LogP contribution is -2.37. The van der Waals surface area contributed by atoms with E-state index in [0.717, 1.165) is 25.9 Å². The zero-order valence-electron chi connectivity index (χ0n) is 14.3. The molecule has 22 heavy (non-hydrogen) atoms. The normalized spacial score (nSPS) is 15.8. The molecule has 2 N–H and O–H groups in total. The summed E-state index contributed by atoms with van der Waals surface area (Å²) < 4.78 is 0. The zero-order valence-corrected chi connectivity index (χ0v) is 14.3. The third kappa shape index (κ3) is 5.13. The quantitative estimate of drug-likeness (QED) is 0.789. The van der Waals surface area contributed by atoms with Crippen molar-refractivity contribution in [1.29, 1.82) is 0 Å². The van der Waals surface area contributed by atoms with Crippen LogP contribution in [0.2, 0.25) is 0 Å². The van der Waals surface area contributed by atoms with Gasteiger partial charge in [-0.2, -0.15) is 0 Å². The predicted molar refractivity (Wildman–Crippen MR) is 92.0 cm³/mol. The second-order valence-electron chi connectivity index (χ2n) is 6.69. The van der Waals surface area contributed by atoms with Gasteiger partial charge >= 0.3 is 0 Å². The van der Waals surface area contributed by atoms with Crippen molar-refractivity contribution in [2.45, 2.75) is 71.9 Å². The molecule has 0 atom stereocenters. The summed E-state index contributed by atoms with van der Waals surface area (Å²) in [6.45, 7) is 8.03. The molecule has 3 heteroatoms. The number of hydrogen-bond acceptors (Lipinski definition) is 2. The van der Waals surface area contributed by atoms with Gasteiger partial charge in [0, 0.05) is 25.6 Å². The number of rotatable bonds is 6. The van der Waals surface area contributed by atoms with Crippen molar-refractivity contribution in [1.82, 2.24) is 10.6 Å². The van der Waals surface area contributed by atoms with Gasteiger partial charge in [0.05, 0.1) is 0 Å². The average Bonchev–Trinajstić information content (AvgIpc) is 2.49. The first kappa shape index (κ1) is 17.0. The molecule has 1 aliphatic rings. The van der Waals surface area contributed by atoms with Crippen LogP contribution < -0.4 is 10.6 Å². The molecule has 1 amide bonds. The number of carbonyl (C=O) groups is 1. The molecule has 0 unspecified atom stereocenters. The Labute approximate surface area is 134 Å². The Morgan fingerprint density at radius 1 is 1.05 bits per heavy atom. The van der Waals surface area contributed by atoms with Gasteiger partial charge in [-0.1, -0.05) is 31.4 Å². The molecule has 0 bridgehead atoms. The van der Waals surface area contributed by atoms with Crippen LogP contribution in [0.3, 0.4) is 0 Å². The van der Waals surface area contributed by atoms with Crippen LogP contribution in [0.4, 0.5) is 0 Å². The lowest BCUT2D eigenvalue weighted by atomic mass is 9.95. The standard InChI is InChI=1S/C19H30N2O/c1-14-11-16(3)17(12-15(14)2)13-20-10-9-19(22)21-18-7-5-4-6-8-18/h11-12,18,20H,4-10,13H2,1-3H3,(H,21,22). The van der Waals surface area contributed by atoms with Crippen molar-refractivity contribution < 1.29 is 4.79 Å². The SMILES string of the molecule is Cc1cc(C)c(CNCCC(=O)NC2CCCCC2)cc1C. The van der Waals surface area contributed by atoms with Gasteiger partial charge in [-0.25, -0.2) is 0 Å². The average molecular weight is 302 g/mol. The van der Waals surface area contributed by atoms with Crippen molar-refractivity contribution in [2.24, 2.45) is 0 Å². The first-order valence-corrected chi connectivity index (χ1v) is 8.63. The summed E-state index contributed by atoms with van der Waals surface area (Å²) in [6, 6.07) is 4.91. The Morgan fingerprint density at radius 3 is 2.45 bits per heavy atom. The topological polar surface area (TPSA) is 41.1 Å². The largest absolute Gasteiger partial charge is 0.353 e. The summed E-state index contributed by atoms with van der Waals surface area (Å²) in [4.78, 5) is 11.9. The zero-order chi connectivity index (χ0) is 15.9. The molecule has 1 saturated carbocycles. The van der Waals surface area contributed by atoms with Gasteiger partial charge < -0.3 is 10.6 Å². The van der Waals surface area contributed by atoms with E-state index in [-0.39, 0.29) is 5.91 Å². The van der Waals surface area contributed by atoms with Crippen LogP contribution in [0.15, 0.2) is 12.1 Å². The minimum Gasteiger partial charge on any atom is -0.353 e. The molecule has 0 heterocycles. The summed E-state index contributed by atoms with van der Waals surface area (Å²) >= 11 is 0. The van der Waals surface area contributed by atoms with Crippen molar-refractivity contribution >= 4 is 5.91 Å². The highest BCUT2D eigenvalue weighted by atomic mass is 16.1. The van der Waals surface area contributed by atoms with Gasteiger partial charge in [0.25, 0.3) is 0 Å². The first-order valence-electron chi connectivity index (χ1n) is 8.63. The number of amides is 1. The van der Waals surface area contributed by atoms with Crippen LogP contribution in [0, 0.1) is 20.8 Å². The number of hydrogen-bond donors (Lipinski definition) is 2. The van der Waals surface area contributed by atoms with Crippen LogP contribution in [0.25, 0.3) is 0 Å². The summed E-state index contributed by atoms with van der Waals surface area (Å²) in [5.74, 6) is 0.191. The monoisotopic (exact) mass is 302 g/mol. The molecule has 2 rings (SSSR count). The number of benzene rings is 1.